The van der Waals surface area contributed by atoms with Crippen molar-refractivity contribution in [3.8, 4) is 0 Å². The van der Waals surface area contributed by atoms with Gasteiger partial charge in [-0.2, -0.15) is 0 Å². The fraction of sp³-hybridized carbons (Fsp3) is 0.214. The molecule has 0 aliphatic rings. The van der Waals surface area contributed by atoms with Gasteiger partial charge in [-0.1, -0.05) is 18.2 Å². The first-order valence-corrected chi connectivity index (χ1v) is 6.69. The van der Waals surface area contributed by atoms with Crippen molar-refractivity contribution in [2.45, 2.75) is 19.9 Å². The van der Waals surface area contributed by atoms with Crippen molar-refractivity contribution >= 4 is 22.3 Å². The van der Waals surface area contributed by atoms with E-state index in [9.17, 15) is 0 Å². The largest absolute Gasteiger partial charge is 0.459 e. The van der Waals surface area contributed by atoms with Crippen LogP contribution in [0.4, 0.5) is 0 Å². The fourth-order valence-electron chi connectivity index (χ4n) is 2.12. The van der Waals surface area contributed by atoms with Crippen LogP contribution in [0.5, 0.6) is 0 Å². The summed E-state index contributed by atoms with van der Waals surface area (Å²) in [5.41, 5.74) is 11.1. The van der Waals surface area contributed by atoms with Crippen LogP contribution in [0.3, 0.4) is 0 Å². The minimum atomic E-state index is -0.232. The van der Waals surface area contributed by atoms with E-state index in [1.54, 1.807) is 11.3 Å². The molecule has 0 radical (unpaired) electrons. The Morgan fingerprint density at radius 1 is 1.33 bits per heavy atom. The zero-order chi connectivity index (χ0) is 12.7. The van der Waals surface area contributed by atoms with Gasteiger partial charge in [0.1, 0.15) is 11.3 Å². The van der Waals surface area contributed by atoms with Gasteiger partial charge in [0.15, 0.2) is 0 Å². The van der Waals surface area contributed by atoms with E-state index in [4.69, 9.17) is 10.2 Å². The Bertz CT molecular complexity index is 699. The Kier molecular flexibility index (Phi) is 2.69. The molecule has 0 aliphatic heterocycles. The third kappa shape index (κ3) is 1.74. The van der Waals surface area contributed by atoms with Gasteiger partial charge >= 0.3 is 0 Å². The molecule has 0 bridgehead atoms. The van der Waals surface area contributed by atoms with Gasteiger partial charge in [0, 0.05) is 5.39 Å². The number of para-hydroxylation sites is 1. The lowest BCUT2D eigenvalue weighted by Gasteiger charge is -2.06. The second-order valence-corrected chi connectivity index (χ2v) is 5.31. The van der Waals surface area contributed by atoms with Gasteiger partial charge in [0.05, 0.1) is 22.1 Å². The lowest BCUT2D eigenvalue weighted by molar-refractivity contribution is 0.525. The van der Waals surface area contributed by atoms with Crippen LogP contribution >= 0.6 is 11.3 Å². The molecule has 4 heteroatoms. The van der Waals surface area contributed by atoms with Gasteiger partial charge in [0.2, 0.25) is 0 Å². The van der Waals surface area contributed by atoms with Crippen LogP contribution in [0.15, 0.2) is 34.2 Å². The summed E-state index contributed by atoms with van der Waals surface area (Å²) in [6, 6.07) is 7.90. The van der Waals surface area contributed by atoms with E-state index in [1.165, 1.54) is 0 Å². The third-order valence-corrected chi connectivity index (χ3v) is 4.15. The SMILES string of the molecule is Cc1ncsc1C(N)c1cc2cccc(C)c2o1. The van der Waals surface area contributed by atoms with Gasteiger partial charge in [-0.3, -0.25) is 0 Å². The molecule has 0 spiro atoms. The van der Waals surface area contributed by atoms with Crippen LogP contribution < -0.4 is 5.73 Å². The average Bonchev–Trinajstić information content (AvgIpc) is 2.95. The first kappa shape index (κ1) is 11.4. The number of nitrogens with two attached hydrogens (primary N) is 1. The first-order valence-electron chi connectivity index (χ1n) is 5.81. The molecule has 1 unspecified atom stereocenters. The monoisotopic (exact) mass is 258 g/mol. The number of aryl methyl sites for hydroxylation is 2. The Morgan fingerprint density at radius 3 is 2.83 bits per heavy atom. The molecule has 0 fully saturated rings. The molecule has 1 aromatic carbocycles. The fourth-order valence-corrected chi connectivity index (χ4v) is 2.93. The molecule has 0 saturated carbocycles. The van der Waals surface area contributed by atoms with E-state index >= 15 is 0 Å². The number of thiazole rings is 1. The second kappa shape index (κ2) is 4.23. The van der Waals surface area contributed by atoms with E-state index in [1.807, 2.05) is 43.6 Å². The van der Waals surface area contributed by atoms with Crippen LogP contribution in [-0.2, 0) is 0 Å². The molecule has 3 rings (SSSR count). The predicted octanol–water partition coefficient (Wildman–Crippen LogP) is 3.55. The highest BCUT2D eigenvalue weighted by molar-refractivity contribution is 7.09. The summed E-state index contributed by atoms with van der Waals surface area (Å²) in [7, 11) is 0. The Labute approximate surface area is 109 Å². The van der Waals surface area contributed by atoms with Crippen LogP contribution in [0.1, 0.15) is 27.9 Å². The zero-order valence-electron chi connectivity index (χ0n) is 10.3. The Hall–Kier alpha value is -1.65. The summed E-state index contributed by atoms with van der Waals surface area (Å²) < 4.78 is 5.89. The lowest BCUT2D eigenvalue weighted by atomic mass is 10.1. The van der Waals surface area contributed by atoms with Crippen molar-refractivity contribution in [1.82, 2.24) is 4.98 Å². The summed E-state index contributed by atoms with van der Waals surface area (Å²) in [5.74, 6) is 0.798. The molecule has 3 nitrogen and oxygen atoms in total. The second-order valence-electron chi connectivity index (χ2n) is 4.42. The Balaban J connectivity index is 2.10. The molecule has 0 aliphatic carbocycles. The van der Waals surface area contributed by atoms with Crippen molar-refractivity contribution in [2.24, 2.45) is 5.73 Å². The van der Waals surface area contributed by atoms with Gasteiger partial charge in [-0.05, 0) is 25.5 Å². The minimum Gasteiger partial charge on any atom is -0.459 e. The number of aromatic nitrogens is 1. The number of furan rings is 1. The Morgan fingerprint density at radius 2 is 2.17 bits per heavy atom. The lowest BCUT2D eigenvalue weighted by Crippen LogP contribution is -2.10. The standard InChI is InChI=1S/C14H14N2OS/c1-8-4-3-5-10-6-11(17-13(8)10)12(15)14-9(2)16-7-18-14/h3-7,12H,15H2,1-2H3. The number of nitrogens with zero attached hydrogens (tertiary/aromatic N) is 1. The zero-order valence-corrected chi connectivity index (χ0v) is 11.1. The molecule has 1 atom stereocenters. The summed E-state index contributed by atoms with van der Waals surface area (Å²) in [4.78, 5) is 5.29. The summed E-state index contributed by atoms with van der Waals surface area (Å²) in [5, 5.41) is 1.10. The van der Waals surface area contributed by atoms with E-state index in [-0.39, 0.29) is 6.04 Å². The van der Waals surface area contributed by atoms with Crippen molar-refractivity contribution < 1.29 is 4.42 Å². The van der Waals surface area contributed by atoms with Crippen LogP contribution in [0.25, 0.3) is 11.0 Å². The predicted molar refractivity (Wildman–Crippen MR) is 73.8 cm³/mol. The average molecular weight is 258 g/mol. The number of rotatable bonds is 2. The summed E-state index contributed by atoms with van der Waals surface area (Å²) >= 11 is 1.57. The topological polar surface area (TPSA) is 52.0 Å². The maximum Gasteiger partial charge on any atom is 0.137 e. The normalized spacial score (nSPS) is 13.1. The summed E-state index contributed by atoms with van der Waals surface area (Å²) in [6.07, 6.45) is 0. The van der Waals surface area contributed by atoms with Crippen LogP contribution in [-0.4, -0.2) is 4.98 Å². The maximum absolute atomic E-state index is 6.25. The number of benzene rings is 1. The van der Waals surface area contributed by atoms with Gasteiger partial charge < -0.3 is 10.2 Å². The van der Waals surface area contributed by atoms with E-state index < -0.39 is 0 Å². The van der Waals surface area contributed by atoms with Crippen molar-refractivity contribution in [3.05, 3.63) is 51.7 Å². The number of hydrogen-bond acceptors (Lipinski definition) is 4. The summed E-state index contributed by atoms with van der Waals surface area (Å²) in [6.45, 7) is 4.01. The highest BCUT2D eigenvalue weighted by atomic mass is 32.1. The number of fused-ring (bicyclic) bond motifs is 1. The molecular formula is C14H14N2OS. The van der Waals surface area contributed by atoms with Crippen LogP contribution in [0.2, 0.25) is 0 Å². The van der Waals surface area contributed by atoms with Crippen molar-refractivity contribution in [3.63, 3.8) is 0 Å². The molecule has 2 N–H and O–H groups in total. The van der Waals surface area contributed by atoms with Crippen molar-refractivity contribution in [2.75, 3.05) is 0 Å². The van der Waals surface area contributed by atoms with Gasteiger partial charge in [0.25, 0.3) is 0 Å². The quantitative estimate of drug-likeness (QED) is 0.764. The molecule has 2 heterocycles. The van der Waals surface area contributed by atoms with E-state index in [0.29, 0.717) is 0 Å². The molecule has 2 aromatic heterocycles. The molecule has 0 amide bonds. The third-order valence-electron chi connectivity index (χ3n) is 3.13. The molecular weight excluding hydrogens is 244 g/mol. The smallest absolute Gasteiger partial charge is 0.137 e. The molecule has 92 valence electrons. The van der Waals surface area contributed by atoms with Crippen molar-refractivity contribution in [1.29, 1.82) is 0 Å². The van der Waals surface area contributed by atoms with E-state index in [0.717, 1.165) is 32.9 Å². The highest BCUT2D eigenvalue weighted by Crippen LogP contribution is 2.31. The first-order chi connectivity index (χ1) is 8.66. The number of hydrogen-bond donors (Lipinski definition) is 1. The molecule has 3 aromatic rings. The van der Waals surface area contributed by atoms with E-state index in [2.05, 4.69) is 4.98 Å². The molecule has 0 saturated heterocycles. The van der Waals surface area contributed by atoms with Crippen LogP contribution in [0, 0.1) is 13.8 Å². The van der Waals surface area contributed by atoms with Gasteiger partial charge in [-0.15, -0.1) is 11.3 Å². The highest BCUT2D eigenvalue weighted by Gasteiger charge is 2.18. The minimum absolute atomic E-state index is 0.232. The van der Waals surface area contributed by atoms with Gasteiger partial charge in [-0.25, -0.2) is 4.98 Å². The molecule has 18 heavy (non-hydrogen) atoms. The maximum atomic E-state index is 6.25.